The molecule has 0 spiro atoms. The summed E-state index contributed by atoms with van der Waals surface area (Å²) in [4.78, 5) is 0. The first-order valence-electron chi connectivity index (χ1n) is 7.05. The Hall–Kier alpha value is 0.604. The zero-order chi connectivity index (χ0) is 14.1. The Balaban J connectivity index is 0.00000200. The predicted molar refractivity (Wildman–Crippen MR) is 82.9 cm³/mol. The fourth-order valence-corrected chi connectivity index (χ4v) is 5.67. The van der Waals surface area contributed by atoms with Crippen LogP contribution in [-0.4, -0.2) is 10.5 Å². The summed E-state index contributed by atoms with van der Waals surface area (Å²) >= 11 is 4.41. The molecule has 2 aliphatic rings. The molecule has 0 aromatic rings. The van der Waals surface area contributed by atoms with Crippen molar-refractivity contribution >= 4 is 11.8 Å². The summed E-state index contributed by atoms with van der Waals surface area (Å²) in [6.07, 6.45) is 13.8. The van der Waals surface area contributed by atoms with Crippen molar-refractivity contribution in [3.8, 4) is 0 Å². The topological polar surface area (TPSA) is 0 Å². The van der Waals surface area contributed by atoms with Gasteiger partial charge in [0.25, 0.3) is 0 Å². The van der Waals surface area contributed by atoms with Gasteiger partial charge in [-0.2, -0.15) is 0 Å². The van der Waals surface area contributed by atoms with E-state index in [4.69, 9.17) is 0 Å². The molecule has 4 heteroatoms. The zero-order valence-electron chi connectivity index (χ0n) is 13.2. The molecule has 0 fully saturated rings. The largest absolute Gasteiger partial charge is 1.00 e. The van der Waals surface area contributed by atoms with Crippen LogP contribution in [0.5, 0.6) is 0 Å². The van der Waals surface area contributed by atoms with Crippen LogP contribution in [0.4, 0.5) is 0 Å². The van der Waals surface area contributed by atoms with Gasteiger partial charge in [0.2, 0.25) is 0 Å². The van der Waals surface area contributed by atoms with Gasteiger partial charge in [-0.15, -0.1) is 0 Å². The van der Waals surface area contributed by atoms with Gasteiger partial charge in [0.1, 0.15) is 0 Å². The molecule has 0 nitrogen and oxygen atoms in total. The van der Waals surface area contributed by atoms with E-state index in [2.05, 4.69) is 90.3 Å². The van der Waals surface area contributed by atoms with Crippen LogP contribution in [0.2, 0.25) is 0 Å². The number of allylic oxidation sites excluding steroid dienone is 7. The normalized spacial score (nSPS) is 24.6. The molecule has 0 aromatic heterocycles. The van der Waals surface area contributed by atoms with Crippen LogP contribution in [0.15, 0.2) is 45.4 Å². The molecule has 1 atom stereocenters. The maximum atomic E-state index is 2.43. The van der Waals surface area contributed by atoms with Crippen molar-refractivity contribution in [2.45, 2.75) is 45.3 Å². The third-order valence-electron chi connectivity index (χ3n) is 4.53. The summed E-state index contributed by atoms with van der Waals surface area (Å²) in [5.74, 6) is 1.17. The molecule has 0 amide bonds. The van der Waals surface area contributed by atoms with Gasteiger partial charge in [-0.25, -0.2) is 0 Å². The summed E-state index contributed by atoms with van der Waals surface area (Å²) in [7, 11) is 0. The smallest absolute Gasteiger partial charge is 1.00 e. The average molecular weight is 378 g/mol. The van der Waals surface area contributed by atoms with Crippen LogP contribution in [0, 0.1) is 5.41 Å². The second-order valence-corrected chi connectivity index (χ2v) is 8.37. The summed E-state index contributed by atoms with van der Waals surface area (Å²) in [5, 5.41) is 0. The third kappa shape index (κ3) is 3.75. The Morgan fingerprint density at radius 3 is 2.43 bits per heavy atom. The molecule has 0 heterocycles. The molecule has 0 aliphatic heterocycles. The van der Waals surface area contributed by atoms with E-state index in [0.717, 1.165) is 12.8 Å². The SMILES string of the molecule is CCSC1(C(C)(C)C2=[C]([Ti+2])CC=C2)CC=CC=C1C.[Cl-].[Cl-]. The molecule has 0 radical (unpaired) electrons. The number of thioether (sulfide) groups is 1. The first-order chi connectivity index (χ1) is 8.95. The fraction of sp³-hybridized carbons (Fsp3) is 0.529. The van der Waals surface area contributed by atoms with Crippen LogP contribution in [0.3, 0.4) is 0 Å². The summed E-state index contributed by atoms with van der Waals surface area (Å²) in [5.41, 5.74) is 3.25. The Morgan fingerprint density at radius 1 is 1.29 bits per heavy atom. The van der Waals surface area contributed by atoms with Crippen molar-refractivity contribution in [1.29, 1.82) is 0 Å². The maximum Gasteiger partial charge on any atom is -1.00 e. The Morgan fingerprint density at radius 2 is 1.95 bits per heavy atom. The van der Waals surface area contributed by atoms with E-state index < -0.39 is 0 Å². The van der Waals surface area contributed by atoms with E-state index in [1.165, 1.54) is 11.3 Å². The van der Waals surface area contributed by atoms with E-state index in [1.807, 2.05) is 0 Å². The van der Waals surface area contributed by atoms with Gasteiger partial charge in [0, 0.05) is 0 Å². The molecule has 0 bridgehead atoms. The molecule has 0 aromatic carbocycles. The van der Waals surface area contributed by atoms with Crippen LogP contribution >= 0.6 is 11.8 Å². The number of halogens is 2. The maximum absolute atomic E-state index is 2.43. The van der Waals surface area contributed by atoms with Crippen molar-refractivity contribution < 1.29 is 45.2 Å². The molecule has 115 valence electrons. The van der Waals surface area contributed by atoms with Gasteiger partial charge < -0.3 is 24.8 Å². The van der Waals surface area contributed by atoms with Crippen LogP contribution in [0.1, 0.15) is 40.5 Å². The number of hydrogen-bond acceptors (Lipinski definition) is 1. The first-order valence-corrected chi connectivity index (χ1v) is 8.82. The fourth-order valence-electron chi connectivity index (χ4n) is 3.40. The molecule has 0 saturated heterocycles. The summed E-state index contributed by atoms with van der Waals surface area (Å²) in [6.45, 7) is 9.45. The molecular formula is C17H23Cl2STi. The van der Waals surface area contributed by atoms with Crippen LogP contribution < -0.4 is 24.8 Å². The van der Waals surface area contributed by atoms with Gasteiger partial charge in [-0.3, -0.25) is 0 Å². The van der Waals surface area contributed by atoms with E-state index in [-0.39, 0.29) is 35.0 Å². The summed E-state index contributed by atoms with van der Waals surface area (Å²) < 4.78 is 1.75. The molecular weight excluding hydrogens is 355 g/mol. The van der Waals surface area contributed by atoms with Crippen LogP contribution in [0.25, 0.3) is 0 Å². The van der Waals surface area contributed by atoms with E-state index in [1.54, 1.807) is 9.45 Å². The van der Waals surface area contributed by atoms with Gasteiger partial charge in [-0.1, -0.05) is 0 Å². The molecule has 0 N–H and O–H groups in total. The second kappa shape index (κ2) is 8.45. The molecule has 2 aliphatic carbocycles. The quantitative estimate of drug-likeness (QED) is 0.577. The van der Waals surface area contributed by atoms with Gasteiger partial charge in [0.05, 0.1) is 0 Å². The molecule has 2 rings (SSSR count). The predicted octanol–water partition coefficient (Wildman–Crippen LogP) is -0.820. The van der Waals surface area contributed by atoms with Crippen molar-refractivity contribution in [3.05, 3.63) is 45.4 Å². The van der Waals surface area contributed by atoms with Crippen LogP contribution in [-0.2, 0) is 20.4 Å². The van der Waals surface area contributed by atoms with E-state index >= 15 is 0 Å². The average Bonchev–Trinajstić information content (AvgIpc) is 2.79. The zero-order valence-corrected chi connectivity index (χ0v) is 17.1. The van der Waals surface area contributed by atoms with E-state index in [0.29, 0.717) is 0 Å². The Labute approximate surface area is 158 Å². The monoisotopic (exact) mass is 377 g/mol. The van der Waals surface area contributed by atoms with Gasteiger partial charge in [0.15, 0.2) is 0 Å². The van der Waals surface area contributed by atoms with Crippen molar-refractivity contribution in [3.63, 3.8) is 0 Å². The summed E-state index contributed by atoms with van der Waals surface area (Å²) in [6, 6.07) is 0. The molecule has 0 saturated carbocycles. The second-order valence-electron chi connectivity index (χ2n) is 5.87. The Bertz CT molecular complexity index is 489. The van der Waals surface area contributed by atoms with Crippen molar-refractivity contribution in [1.82, 2.24) is 0 Å². The number of hydrogen-bond donors (Lipinski definition) is 0. The van der Waals surface area contributed by atoms with Crippen molar-refractivity contribution in [2.24, 2.45) is 5.41 Å². The third-order valence-corrected chi connectivity index (χ3v) is 7.05. The molecule has 1 unspecified atom stereocenters. The number of rotatable bonds is 4. The minimum atomic E-state index is 0. The standard InChI is InChI=1S/C17H23S.2ClH.Ti/c1-5-18-17(13-9-8-10-14(17)2)16(3,4)15-11-6-7-12-15;;;/h6,8-11H,5,7,13H2,1-4H3;2*1H;/q;;;+2/p-2. The minimum absolute atomic E-state index is 0. The van der Waals surface area contributed by atoms with Gasteiger partial charge in [-0.05, 0) is 0 Å². The van der Waals surface area contributed by atoms with Crippen molar-refractivity contribution in [2.75, 3.05) is 5.75 Å². The first kappa shape index (κ1) is 21.6. The Kier molecular flexibility index (Phi) is 8.70. The van der Waals surface area contributed by atoms with Gasteiger partial charge >= 0.3 is 134 Å². The molecule has 21 heavy (non-hydrogen) atoms. The van der Waals surface area contributed by atoms with E-state index in [9.17, 15) is 0 Å². The minimum Gasteiger partial charge on any atom is -1.00 e.